The number of aryl methyl sites for hydroxylation is 2. The van der Waals surface area contributed by atoms with Crippen molar-refractivity contribution in [3.63, 3.8) is 0 Å². The second-order valence-corrected chi connectivity index (χ2v) is 13.3. The highest BCUT2D eigenvalue weighted by molar-refractivity contribution is 7.99. The minimum atomic E-state index is -4.18. The highest BCUT2D eigenvalue weighted by Gasteiger charge is 2.53. The topological polar surface area (TPSA) is 82.1 Å². The molecule has 214 valence electrons. The number of rotatable bonds is 11. The van der Waals surface area contributed by atoms with Gasteiger partial charge in [-0.2, -0.15) is 0 Å². The van der Waals surface area contributed by atoms with E-state index in [1.54, 1.807) is 25.1 Å². The van der Waals surface area contributed by atoms with Gasteiger partial charge < -0.3 is 19.3 Å². The number of hydrogen-bond donors (Lipinski definition) is 1. The van der Waals surface area contributed by atoms with Gasteiger partial charge >= 0.3 is 0 Å². The molecule has 0 aromatic heterocycles. The summed E-state index contributed by atoms with van der Waals surface area (Å²) in [6.45, 7) is 4.21. The van der Waals surface area contributed by atoms with Gasteiger partial charge in [-0.1, -0.05) is 108 Å². The van der Waals surface area contributed by atoms with E-state index in [1.165, 1.54) is 17.8 Å². The van der Waals surface area contributed by atoms with Crippen molar-refractivity contribution in [2.75, 3.05) is 0 Å². The van der Waals surface area contributed by atoms with Gasteiger partial charge in [0.15, 0.2) is 5.44 Å². The molecule has 1 N–H and O–H groups in total. The fourth-order valence-electron chi connectivity index (χ4n) is 4.81. The molecule has 5 atom stereocenters. The van der Waals surface area contributed by atoms with Crippen molar-refractivity contribution in [3.8, 4) is 0 Å². The van der Waals surface area contributed by atoms with E-state index in [0.717, 1.165) is 21.6 Å². The molecule has 1 fully saturated rings. The van der Waals surface area contributed by atoms with Crippen LogP contribution in [0.15, 0.2) is 119 Å². The number of hydrogen-bond acceptors (Lipinski definition) is 7. The predicted molar refractivity (Wildman–Crippen MR) is 160 cm³/mol. The van der Waals surface area contributed by atoms with Gasteiger partial charge in [-0.15, -0.1) is 0 Å². The van der Waals surface area contributed by atoms with E-state index in [0.29, 0.717) is 5.56 Å². The van der Waals surface area contributed by atoms with E-state index in [-0.39, 0.29) is 18.1 Å². The van der Waals surface area contributed by atoms with Crippen LogP contribution in [0.25, 0.3) is 0 Å². The second-order valence-electron chi connectivity index (χ2n) is 10.1. The summed E-state index contributed by atoms with van der Waals surface area (Å²) in [5.74, 6) is 0. The molecule has 1 saturated heterocycles. The number of thioether (sulfide) groups is 1. The van der Waals surface area contributed by atoms with Crippen LogP contribution in [-0.2, 0) is 37.3 Å². The van der Waals surface area contributed by atoms with Crippen LogP contribution in [0.4, 0.5) is 0 Å². The van der Waals surface area contributed by atoms with Gasteiger partial charge in [0.2, 0.25) is 9.84 Å². The predicted octanol–water partition coefficient (Wildman–Crippen LogP) is 6.08. The van der Waals surface area contributed by atoms with Crippen LogP contribution in [0.5, 0.6) is 0 Å². The molecule has 0 radical (unpaired) electrons. The quantitative estimate of drug-likeness (QED) is 0.227. The number of aliphatic hydroxyl groups is 1. The molecular weight excluding hydrogens is 556 g/mol. The monoisotopic (exact) mass is 590 g/mol. The summed E-state index contributed by atoms with van der Waals surface area (Å²) in [5, 5.41) is 11.5. The zero-order chi connectivity index (χ0) is 28.8. The molecule has 0 saturated carbocycles. The van der Waals surface area contributed by atoms with Crippen molar-refractivity contribution < 1.29 is 27.7 Å². The normalized spacial score (nSPS) is 21.5. The summed E-state index contributed by atoms with van der Waals surface area (Å²) < 4.78 is 46.7. The molecule has 1 heterocycles. The van der Waals surface area contributed by atoms with Gasteiger partial charge in [0.1, 0.15) is 23.7 Å². The fraction of sp³-hybridized carbons (Fsp3) is 0.273. The molecule has 5 rings (SSSR count). The van der Waals surface area contributed by atoms with E-state index in [2.05, 4.69) is 0 Å². The number of ether oxygens (including phenoxy) is 3. The van der Waals surface area contributed by atoms with Gasteiger partial charge in [-0.3, -0.25) is 0 Å². The van der Waals surface area contributed by atoms with Crippen LogP contribution in [0.2, 0.25) is 0 Å². The lowest BCUT2D eigenvalue weighted by molar-refractivity contribution is -0.0868. The lowest BCUT2D eigenvalue weighted by atomic mass is 10.1. The maximum absolute atomic E-state index is 13.7. The van der Waals surface area contributed by atoms with Gasteiger partial charge in [0.25, 0.3) is 0 Å². The molecule has 0 amide bonds. The van der Waals surface area contributed by atoms with Crippen molar-refractivity contribution in [2.45, 2.75) is 66.0 Å². The first-order valence-electron chi connectivity index (χ1n) is 13.5. The second kappa shape index (κ2) is 13.3. The third-order valence-electron chi connectivity index (χ3n) is 7.05. The minimum Gasteiger partial charge on any atom is -0.375 e. The summed E-state index contributed by atoms with van der Waals surface area (Å²) >= 11 is 1.43. The molecule has 1 aliphatic rings. The molecule has 8 heteroatoms. The Labute approximate surface area is 246 Å². The Bertz CT molecular complexity index is 1510. The summed E-state index contributed by atoms with van der Waals surface area (Å²) in [5.41, 5.74) is 1.06. The highest BCUT2D eigenvalue weighted by atomic mass is 32.2. The molecule has 0 aliphatic carbocycles. The van der Waals surface area contributed by atoms with Crippen molar-refractivity contribution in [1.82, 2.24) is 0 Å². The summed E-state index contributed by atoms with van der Waals surface area (Å²) in [7, 11) is -4.18. The number of benzene rings is 4. The van der Waals surface area contributed by atoms with Crippen LogP contribution in [0, 0.1) is 13.8 Å². The first-order chi connectivity index (χ1) is 19.8. The summed E-state index contributed by atoms with van der Waals surface area (Å²) in [6, 6.07) is 34.0. The van der Waals surface area contributed by atoms with Crippen LogP contribution >= 0.6 is 11.8 Å². The van der Waals surface area contributed by atoms with Crippen molar-refractivity contribution >= 4 is 21.6 Å². The van der Waals surface area contributed by atoms with Crippen LogP contribution in [0.1, 0.15) is 22.3 Å². The Kier molecular flexibility index (Phi) is 9.60. The molecule has 0 bridgehead atoms. The largest absolute Gasteiger partial charge is 0.375 e. The zero-order valence-electron chi connectivity index (χ0n) is 23.0. The van der Waals surface area contributed by atoms with Crippen molar-refractivity contribution in [3.05, 3.63) is 131 Å². The Morgan fingerprint density at radius 2 is 1.29 bits per heavy atom. The molecule has 0 spiro atoms. The van der Waals surface area contributed by atoms with E-state index in [1.807, 2.05) is 91.9 Å². The molecule has 1 unspecified atom stereocenters. The first kappa shape index (κ1) is 29.5. The Morgan fingerprint density at radius 1 is 0.756 bits per heavy atom. The Balaban J connectivity index is 1.49. The molecular formula is C33H34O6S2. The fourth-order valence-corrected chi connectivity index (χ4v) is 7.54. The summed E-state index contributed by atoms with van der Waals surface area (Å²) in [4.78, 5) is 1.00. The Hall–Kier alpha value is -2.98. The third kappa shape index (κ3) is 7.09. The maximum Gasteiger partial charge on any atom is 0.207 e. The molecule has 4 aromatic rings. The summed E-state index contributed by atoms with van der Waals surface area (Å²) in [6.07, 6.45) is -2.72. The zero-order valence-corrected chi connectivity index (χ0v) is 24.6. The average Bonchev–Trinajstić information content (AvgIpc) is 3.33. The highest BCUT2D eigenvalue weighted by Crippen LogP contribution is 2.40. The first-order valence-corrected chi connectivity index (χ1v) is 15.9. The van der Waals surface area contributed by atoms with Crippen LogP contribution < -0.4 is 0 Å². The average molecular weight is 591 g/mol. The molecule has 6 nitrogen and oxygen atoms in total. The molecule has 41 heavy (non-hydrogen) atoms. The maximum atomic E-state index is 13.7. The standard InChI is InChI=1S/C33H34O6S2/c1-23-17-19-27(20-18-23)40-33-31(38-22-26-14-7-4-8-15-26)29(37-21-25-12-5-3-6-13-25)30(39-33)32(34)41(35,36)28-16-10-9-11-24(28)2/h3-20,29-34H,21-22H2,1-2H3/t29-,30-,31+,32?,33-/m1/s1. The van der Waals surface area contributed by atoms with Gasteiger partial charge in [0.05, 0.1) is 18.1 Å². The van der Waals surface area contributed by atoms with E-state index < -0.39 is 39.0 Å². The number of aliphatic hydroxyl groups excluding tert-OH is 1. The van der Waals surface area contributed by atoms with Gasteiger partial charge in [-0.25, -0.2) is 8.42 Å². The van der Waals surface area contributed by atoms with E-state index >= 15 is 0 Å². The van der Waals surface area contributed by atoms with Gasteiger partial charge in [0, 0.05) is 4.90 Å². The minimum absolute atomic E-state index is 0.0642. The van der Waals surface area contributed by atoms with Gasteiger partial charge in [-0.05, 0) is 48.7 Å². The van der Waals surface area contributed by atoms with E-state index in [9.17, 15) is 13.5 Å². The van der Waals surface area contributed by atoms with Crippen molar-refractivity contribution in [2.24, 2.45) is 0 Å². The van der Waals surface area contributed by atoms with Crippen LogP contribution in [0.3, 0.4) is 0 Å². The van der Waals surface area contributed by atoms with Crippen LogP contribution in [-0.4, -0.2) is 42.7 Å². The lowest BCUT2D eigenvalue weighted by Crippen LogP contribution is -2.45. The Morgan fingerprint density at radius 3 is 1.88 bits per heavy atom. The molecule has 4 aromatic carbocycles. The van der Waals surface area contributed by atoms with E-state index in [4.69, 9.17) is 14.2 Å². The van der Waals surface area contributed by atoms with Crippen molar-refractivity contribution in [1.29, 1.82) is 0 Å². The lowest BCUT2D eigenvalue weighted by Gasteiger charge is -2.27. The SMILES string of the molecule is Cc1ccc(S[C@H]2O[C@@H](C(O)S(=O)(=O)c3ccccc3C)[C@@H](OCc3ccccc3)[C@@H]2OCc2ccccc2)cc1. The third-order valence-corrected chi connectivity index (χ3v) is 10.2. The smallest absolute Gasteiger partial charge is 0.207 e. The number of sulfone groups is 1. The molecule has 1 aliphatic heterocycles.